The minimum absolute atomic E-state index is 0.233. The van der Waals surface area contributed by atoms with Crippen molar-refractivity contribution in [3.63, 3.8) is 0 Å². The van der Waals surface area contributed by atoms with Crippen molar-refractivity contribution in [3.05, 3.63) is 35.3 Å². The Morgan fingerprint density at radius 1 is 1.31 bits per heavy atom. The van der Waals surface area contributed by atoms with E-state index in [-0.39, 0.29) is 5.82 Å². The van der Waals surface area contributed by atoms with Crippen LogP contribution in [-0.2, 0) is 12.8 Å². The van der Waals surface area contributed by atoms with E-state index in [2.05, 4.69) is 10.3 Å². The molecule has 0 fully saturated rings. The van der Waals surface area contributed by atoms with Gasteiger partial charge in [-0.05, 0) is 30.9 Å². The van der Waals surface area contributed by atoms with E-state index < -0.39 is 0 Å². The monoisotopic (exact) mass is 216 g/mol. The van der Waals surface area contributed by atoms with Crippen LogP contribution in [-0.4, -0.2) is 12.0 Å². The highest BCUT2D eigenvalue weighted by atomic mass is 19.1. The van der Waals surface area contributed by atoms with Crippen LogP contribution < -0.4 is 5.32 Å². The molecule has 3 rings (SSSR count). The Kier molecular flexibility index (Phi) is 2.06. The summed E-state index contributed by atoms with van der Waals surface area (Å²) in [6.45, 7) is 0. The molecular formula is C13H13FN2. The third kappa shape index (κ3) is 1.21. The van der Waals surface area contributed by atoms with Crippen LogP contribution in [0.4, 0.5) is 10.1 Å². The van der Waals surface area contributed by atoms with Crippen molar-refractivity contribution in [1.29, 1.82) is 0 Å². The number of rotatable bonds is 1. The van der Waals surface area contributed by atoms with Gasteiger partial charge in [-0.25, -0.2) is 9.37 Å². The Morgan fingerprint density at radius 2 is 2.19 bits per heavy atom. The van der Waals surface area contributed by atoms with Gasteiger partial charge in [-0.15, -0.1) is 0 Å². The molecule has 1 aliphatic carbocycles. The fraction of sp³-hybridized carbons (Fsp3) is 0.308. The maximum absolute atomic E-state index is 13.7. The van der Waals surface area contributed by atoms with Gasteiger partial charge in [0.15, 0.2) is 0 Å². The largest absolute Gasteiger partial charge is 0.387 e. The van der Waals surface area contributed by atoms with E-state index >= 15 is 0 Å². The van der Waals surface area contributed by atoms with Gasteiger partial charge in [-0.3, -0.25) is 0 Å². The topological polar surface area (TPSA) is 24.9 Å². The minimum atomic E-state index is -0.233. The minimum Gasteiger partial charge on any atom is -0.387 e. The lowest BCUT2D eigenvalue weighted by molar-refractivity contribution is 0.636. The van der Waals surface area contributed by atoms with Gasteiger partial charge in [0, 0.05) is 23.8 Å². The molecule has 0 saturated carbocycles. The highest BCUT2D eigenvalue weighted by Crippen LogP contribution is 2.34. The molecule has 0 amide bonds. The molecule has 0 atom stereocenters. The Balaban J connectivity index is 2.44. The molecule has 2 nitrogen and oxygen atoms in total. The number of pyridine rings is 1. The molecule has 1 aromatic heterocycles. The van der Waals surface area contributed by atoms with Gasteiger partial charge in [0.25, 0.3) is 0 Å². The number of fused-ring (bicyclic) bond motifs is 2. The second-order valence-corrected chi connectivity index (χ2v) is 4.15. The number of hydrogen-bond donors (Lipinski definition) is 1. The molecule has 2 aromatic rings. The predicted octanol–water partition coefficient (Wildman–Crippen LogP) is 2.90. The van der Waals surface area contributed by atoms with Crippen LogP contribution in [0.2, 0.25) is 0 Å². The van der Waals surface area contributed by atoms with Crippen LogP contribution >= 0.6 is 0 Å². The van der Waals surface area contributed by atoms with E-state index in [1.807, 2.05) is 13.1 Å². The molecule has 0 spiro atoms. The van der Waals surface area contributed by atoms with Crippen molar-refractivity contribution in [2.45, 2.75) is 19.3 Å². The lowest BCUT2D eigenvalue weighted by Gasteiger charge is -2.11. The number of anilines is 1. The lowest BCUT2D eigenvalue weighted by Crippen LogP contribution is -2.00. The van der Waals surface area contributed by atoms with Crippen molar-refractivity contribution < 1.29 is 4.39 Å². The molecule has 0 saturated heterocycles. The van der Waals surface area contributed by atoms with Gasteiger partial charge in [-0.2, -0.15) is 0 Å². The maximum atomic E-state index is 13.7. The normalized spacial score (nSPS) is 14.1. The SMILES string of the molecule is CNc1c2c(nc3c(F)cccc13)CCC2. The van der Waals surface area contributed by atoms with Gasteiger partial charge < -0.3 is 5.32 Å². The zero-order valence-corrected chi connectivity index (χ0v) is 9.18. The zero-order chi connectivity index (χ0) is 11.1. The van der Waals surface area contributed by atoms with E-state index in [0.29, 0.717) is 5.52 Å². The summed E-state index contributed by atoms with van der Waals surface area (Å²) in [5, 5.41) is 4.08. The molecule has 1 N–H and O–H groups in total. The molecule has 1 aliphatic rings. The summed E-state index contributed by atoms with van der Waals surface area (Å²) in [7, 11) is 1.89. The van der Waals surface area contributed by atoms with Gasteiger partial charge in [0.05, 0.1) is 0 Å². The van der Waals surface area contributed by atoms with E-state index in [9.17, 15) is 4.39 Å². The molecule has 0 radical (unpaired) electrons. The van der Waals surface area contributed by atoms with Gasteiger partial charge in [-0.1, -0.05) is 12.1 Å². The van der Waals surface area contributed by atoms with Crippen LogP contribution in [0.1, 0.15) is 17.7 Å². The van der Waals surface area contributed by atoms with Crippen LogP contribution in [0.25, 0.3) is 10.9 Å². The number of benzene rings is 1. The number of hydrogen-bond acceptors (Lipinski definition) is 2. The van der Waals surface area contributed by atoms with Crippen LogP contribution in [0.5, 0.6) is 0 Å². The molecular weight excluding hydrogens is 203 g/mol. The second-order valence-electron chi connectivity index (χ2n) is 4.15. The Bertz CT molecular complexity index is 563. The highest BCUT2D eigenvalue weighted by Gasteiger charge is 2.19. The summed E-state index contributed by atoms with van der Waals surface area (Å²) < 4.78 is 13.7. The fourth-order valence-corrected chi connectivity index (χ4v) is 2.53. The molecule has 82 valence electrons. The van der Waals surface area contributed by atoms with Gasteiger partial charge >= 0.3 is 0 Å². The number of nitrogens with one attached hydrogen (secondary N) is 1. The van der Waals surface area contributed by atoms with Crippen molar-refractivity contribution in [3.8, 4) is 0 Å². The van der Waals surface area contributed by atoms with Crippen molar-refractivity contribution in [2.24, 2.45) is 0 Å². The molecule has 0 bridgehead atoms. The Labute approximate surface area is 93.5 Å². The first-order valence-electron chi connectivity index (χ1n) is 5.59. The smallest absolute Gasteiger partial charge is 0.149 e. The summed E-state index contributed by atoms with van der Waals surface area (Å²) in [5.74, 6) is -0.233. The number of aromatic nitrogens is 1. The number of para-hydroxylation sites is 1. The number of nitrogens with zero attached hydrogens (tertiary/aromatic N) is 1. The summed E-state index contributed by atoms with van der Waals surface area (Å²) in [6.07, 6.45) is 3.13. The summed E-state index contributed by atoms with van der Waals surface area (Å²) in [6, 6.07) is 5.13. The third-order valence-corrected chi connectivity index (χ3v) is 3.24. The predicted molar refractivity (Wildman–Crippen MR) is 63.3 cm³/mol. The molecule has 0 aliphatic heterocycles. The van der Waals surface area contributed by atoms with Crippen LogP contribution in [0.3, 0.4) is 0 Å². The number of halogens is 1. The summed E-state index contributed by atoms with van der Waals surface area (Å²) >= 11 is 0. The first-order valence-corrected chi connectivity index (χ1v) is 5.59. The molecule has 1 aromatic carbocycles. The first kappa shape index (κ1) is 9.58. The van der Waals surface area contributed by atoms with E-state index in [0.717, 1.165) is 36.0 Å². The van der Waals surface area contributed by atoms with Gasteiger partial charge in [0.2, 0.25) is 0 Å². The third-order valence-electron chi connectivity index (χ3n) is 3.24. The number of aryl methyl sites for hydroxylation is 1. The average molecular weight is 216 g/mol. The van der Waals surface area contributed by atoms with E-state index in [1.54, 1.807) is 6.07 Å². The maximum Gasteiger partial charge on any atom is 0.149 e. The first-order chi connectivity index (χ1) is 7.81. The second kappa shape index (κ2) is 3.44. The lowest BCUT2D eigenvalue weighted by atomic mass is 10.1. The van der Waals surface area contributed by atoms with Gasteiger partial charge in [0.1, 0.15) is 11.3 Å². The standard InChI is InChI=1S/C13H13FN2/c1-15-12-8-4-3-7-11(8)16-13-9(12)5-2-6-10(13)14/h2,5-6H,3-4,7H2,1H3,(H,15,16). The quantitative estimate of drug-likeness (QED) is 0.792. The molecule has 1 heterocycles. The molecule has 3 heteroatoms. The fourth-order valence-electron chi connectivity index (χ4n) is 2.53. The Morgan fingerprint density at radius 3 is 3.00 bits per heavy atom. The van der Waals surface area contributed by atoms with Crippen LogP contribution in [0, 0.1) is 5.82 Å². The van der Waals surface area contributed by atoms with E-state index in [4.69, 9.17) is 0 Å². The summed E-state index contributed by atoms with van der Waals surface area (Å²) in [4.78, 5) is 4.45. The Hall–Kier alpha value is -1.64. The highest BCUT2D eigenvalue weighted by molar-refractivity contribution is 5.93. The zero-order valence-electron chi connectivity index (χ0n) is 9.18. The van der Waals surface area contributed by atoms with Crippen LogP contribution in [0.15, 0.2) is 18.2 Å². The molecule has 16 heavy (non-hydrogen) atoms. The average Bonchev–Trinajstić information content (AvgIpc) is 2.75. The van der Waals surface area contributed by atoms with Crippen molar-refractivity contribution in [2.75, 3.05) is 12.4 Å². The van der Waals surface area contributed by atoms with E-state index in [1.165, 1.54) is 11.6 Å². The van der Waals surface area contributed by atoms with Crippen molar-refractivity contribution in [1.82, 2.24) is 4.98 Å². The molecule has 0 unspecified atom stereocenters. The van der Waals surface area contributed by atoms with Crippen molar-refractivity contribution >= 4 is 16.6 Å². The summed E-state index contributed by atoms with van der Waals surface area (Å²) in [5.41, 5.74) is 3.87.